The third kappa shape index (κ3) is 1.00. The fraction of sp³-hybridized carbons (Fsp3) is 0.0625. The fourth-order valence-electron chi connectivity index (χ4n) is 2.96. The first kappa shape index (κ1) is 9.66. The van der Waals surface area contributed by atoms with E-state index in [0.29, 0.717) is 0 Å². The van der Waals surface area contributed by atoms with Crippen LogP contribution in [0.4, 0.5) is 0 Å². The van der Waals surface area contributed by atoms with Crippen molar-refractivity contribution in [2.24, 2.45) is 0 Å². The number of nitrogens with zero attached hydrogens (tertiary/aromatic N) is 1. The molecule has 0 bridgehead atoms. The van der Waals surface area contributed by atoms with Crippen molar-refractivity contribution < 1.29 is 4.79 Å². The summed E-state index contributed by atoms with van der Waals surface area (Å²) in [6.45, 7) is 1.61. The van der Waals surface area contributed by atoms with E-state index >= 15 is 0 Å². The molecule has 18 heavy (non-hydrogen) atoms. The van der Waals surface area contributed by atoms with Crippen LogP contribution in [0.3, 0.4) is 0 Å². The molecule has 2 heteroatoms. The van der Waals surface area contributed by atoms with Crippen molar-refractivity contribution in [3.63, 3.8) is 0 Å². The molecule has 0 amide bonds. The molecule has 4 rings (SSSR count). The zero-order valence-corrected chi connectivity index (χ0v) is 9.97. The third-order valence-electron chi connectivity index (χ3n) is 3.64. The maximum atomic E-state index is 11.9. The van der Waals surface area contributed by atoms with Crippen LogP contribution in [0.25, 0.3) is 32.6 Å². The van der Waals surface area contributed by atoms with Gasteiger partial charge in [0, 0.05) is 17.7 Å². The highest BCUT2D eigenvalue weighted by molar-refractivity contribution is 6.25. The minimum absolute atomic E-state index is 0.0613. The molecule has 0 aliphatic carbocycles. The lowest BCUT2D eigenvalue weighted by atomic mass is 10.0. The molecule has 0 saturated carbocycles. The molecule has 0 saturated heterocycles. The summed E-state index contributed by atoms with van der Waals surface area (Å²) in [5.74, 6) is 0.0613. The Morgan fingerprint density at radius 1 is 0.833 bits per heavy atom. The van der Waals surface area contributed by atoms with Crippen LogP contribution in [0.2, 0.25) is 0 Å². The van der Waals surface area contributed by atoms with Gasteiger partial charge in [-0.05, 0) is 22.9 Å². The van der Waals surface area contributed by atoms with Crippen LogP contribution in [0, 0.1) is 0 Å². The number of aromatic nitrogens is 1. The van der Waals surface area contributed by atoms with Gasteiger partial charge in [-0.15, -0.1) is 0 Å². The van der Waals surface area contributed by atoms with Gasteiger partial charge in [-0.2, -0.15) is 0 Å². The van der Waals surface area contributed by atoms with Crippen molar-refractivity contribution in [3.8, 4) is 0 Å². The molecule has 1 aromatic heterocycles. The van der Waals surface area contributed by atoms with Crippen LogP contribution in [0.15, 0.2) is 48.5 Å². The Morgan fingerprint density at radius 2 is 1.33 bits per heavy atom. The van der Waals surface area contributed by atoms with Crippen molar-refractivity contribution >= 4 is 38.5 Å². The van der Waals surface area contributed by atoms with E-state index in [9.17, 15) is 4.79 Å². The van der Waals surface area contributed by atoms with E-state index in [4.69, 9.17) is 0 Å². The predicted molar refractivity (Wildman–Crippen MR) is 74.4 cm³/mol. The summed E-state index contributed by atoms with van der Waals surface area (Å²) < 4.78 is 1.81. The van der Waals surface area contributed by atoms with Crippen LogP contribution in [-0.4, -0.2) is 10.5 Å². The lowest BCUT2D eigenvalue weighted by Gasteiger charge is -2.00. The Bertz CT molecular complexity index is 834. The summed E-state index contributed by atoms with van der Waals surface area (Å²) in [5.41, 5.74) is 2.01. The van der Waals surface area contributed by atoms with E-state index in [-0.39, 0.29) is 5.91 Å². The first-order valence-electron chi connectivity index (χ1n) is 6.02. The van der Waals surface area contributed by atoms with E-state index in [1.807, 2.05) is 28.8 Å². The summed E-state index contributed by atoms with van der Waals surface area (Å²) in [5, 5.41) is 4.77. The van der Waals surface area contributed by atoms with Crippen molar-refractivity contribution in [3.05, 3.63) is 48.5 Å². The Kier molecular flexibility index (Phi) is 1.67. The minimum atomic E-state index is 0.0613. The number of rotatable bonds is 0. The molecule has 0 unspecified atom stereocenters. The first-order chi connectivity index (χ1) is 8.77. The molecule has 0 fully saturated rings. The van der Waals surface area contributed by atoms with E-state index in [1.165, 1.54) is 21.5 Å². The van der Waals surface area contributed by atoms with Crippen molar-refractivity contribution in [2.45, 2.75) is 6.92 Å². The quantitative estimate of drug-likeness (QED) is 0.420. The summed E-state index contributed by atoms with van der Waals surface area (Å²) in [7, 11) is 0. The van der Waals surface area contributed by atoms with Crippen molar-refractivity contribution in [1.29, 1.82) is 0 Å². The van der Waals surface area contributed by atoms with Gasteiger partial charge in [-0.25, -0.2) is 0 Å². The number of carbonyl (C=O) groups is 1. The van der Waals surface area contributed by atoms with E-state index in [0.717, 1.165) is 11.0 Å². The molecular weight excluding hydrogens is 222 g/mol. The van der Waals surface area contributed by atoms with Gasteiger partial charge in [0.05, 0.1) is 11.0 Å². The summed E-state index contributed by atoms with van der Waals surface area (Å²) in [6.07, 6.45) is 0. The minimum Gasteiger partial charge on any atom is -0.280 e. The van der Waals surface area contributed by atoms with Crippen LogP contribution < -0.4 is 0 Å². The lowest BCUT2D eigenvalue weighted by molar-refractivity contribution is 0.0946. The molecule has 0 N–H and O–H groups in total. The van der Waals surface area contributed by atoms with Gasteiger partial charge in [0.1, 0.15) is 0 Å². The first-order valence-corrected chi connectivity index (χ1v) is 6.02. The van der Waals surface area contributed by atoms with Gasteiger partial charge in [-0.1, -0.05) is 36.4 Å². The van der Waals surface area contributed by atoms with Crippen molar-refractivity contribution in [2.75, 3.05) is 0 Å². The van der Waals surface area contributed by atoms with E-state index < -0.39 is 0 Å². The normalized spacial score (nSPS) is 11.8. The zero-order valence-electron chi connectivity index (χ0n) is 9.97. The number of carbonyl (C=O) groups excluding carboxylic acids is 1. The van der Waals surface area contributed by atoms with E-state index in [2.05, 4.69) is 24.3 Å². The SMILES string of the molecule is CC(=O)n1c2cccc3ccc4cccc1c4c32. The second-order valence-electron chi connectivity index (χ2n) is 4.67. The number of hydrogen-bond acceptors (Lipinski definition) is 1. The smallest absolute Gasteiger partial charge is 0.228 e. The van der Waals surface area contributed by atoms with Gasteiger partial charge in [0.2, 0.25) is 5.91 Å². The van der Waals surface area contributed by atoms with Gasteiger partial charge < -0.3 is 0 Å². The average molecular weight is 233 g/mol. The molecule has 0 radical (unpaired) electrons. The maximum absolute atomic E-state index is 11.9. The topological polar surface area (TPSA) is 22.0 Å². The molecule has 2 nitrogen and oxygen atoms in total. The standard InChI is InChI=1S/C16H11NO/c1-10(18)17-13-6-2-4-11-8-9-12-5-3-7-14(17)16(12)15(11)13/h2-9H,1H3. The number of hydrogen-bond donors (Lipinski definition) is 0. The Hall–Kier alpha value is -2.35. The molecule has 0 atom stereocenters. The lowest BCUT2D eigenvalue weighted by Crippen LogP contribution is -2.04. The predicted octanol–water partition coefficient (Wildman–Crippen LogP) is 4.05. The molecule has 0 spiro atoms. The molecular formula is C16H11NO. The summed E-state index contributed by atoms with van der Waals surface area (Å²) >= 11 is 0. The monoisotopic (exact) mass is 233 g/mol. The van der Waals surface area contributed by atoms with Crippen LogP contribution >= 0.6 is 0 Å². The Labute approximate surface area is 104 Å². The second kappa shape index (κ2) is 3.10. The van der Waals surface area contributed by atoms with E-state index in [1.54, 1.807) is 6.92 Å². The van der Waals surface area contributed by atoms with Gasteiger partial charge >= 0.3 is 0 Å². The van der Waals surface area contributed by atoms with Crippen LogP contribution in [0.1, 0.15) is 11.7 Å². The third-order valence-corrected chi connectivity index (χ3v) is 3.64. The summed E-state index contributed by atoms with van der Waals surface area (Å²) in [4.78, 5) is 11.9. The maximum Gasteiger partial charge on any atom is 0.228 e. The Morgan fingerprint density at radius 3 is 1.78 bits per heavy atom. The fourth-order valence-corrected chi connectivity index (χ4v) is 2.96. The molecule has 0 aliphatic rings. The zero-order chi connectivity index (χ0) is 12.3. The highest BCUT2D eigenvalue weighted by Crippen LogP contribution is 2.36. The van der Waals surface area contributed by atoms with Crippen LogP contribution in [-0.2, 0) is 0 Å². The molecule has 4 aromatic rings. The Balaban J connectivity index is 2.48. The second-order valence-corrected chi connectivity index (χ2v) is 4.67. The van der Waals surface area contributed by atoms with Crippen molar-refractivity contribution in [1.82, 2.24) is 4.57 Å². The molecule has 1 heterocycles. The van der Waals surface area contributed by atoms with Crippen LogP contribution in [0.5, 0.6) is 0 Å². The average Bonchev–Trinajstić information content (AvgIpc) is 2.72. The molecule has 86 valence electrons. The highest BCUT2D eigenvalue weighted by Gasteiger charge is 2.16. The highest BCUT2D eigenvalue weighted by atomic mass is 16.1. The molecule has 0 aliphatic heterocycles. The van der Waals surface area contributed by atoms with Gasteiger partial charge in [-0.3, -0.25) is 9.36 Å². The van der Waals surface area contributed by atoms with Gasteiger partial charge in [0.25, 0.3) is 0 Å². The number of benzene rings is 3. The largest absolute Gasteiger partial charge is 0.280 e. The van der Waals surface area contributed by atoms with Gasteiger partial charge in [0.15, 0.2) is 0 Å². The summed E-state index contributed by atoms with van der Waals surface area (Å²) in [6, 6.07) is 16.5. The molecule has 3 aromatic carbocycles.